The van der Waals surface area contributed by atoms with E-state index in [9.17, 15) is 0 Å². The zero-order valence-electron chi connectivity index (χ0n) is 7.83. The standard InChI is InChI=1S/C10H11ClN2S/c1-6(12)4-7-5-8-9(14-7)2-3-10(11)13-8/h2-3,5-6H,4,12H2,1H3/t6-/m1/s1. The van der Waals surface area contributed by atoms with Crippen LogP contribution in [0.25, 0.3) is 10.2 Å². The molecule has 1 atom stereocenters. The van der Waals surface area contributed by atoms with Crippen molar-refractivity contribution in [1.29, 1.82) is 0 Å². The number of rotatable bonds is 2. The molecule has 0 spiro atoms. The van der Waals surface area contributed by atoms with E-state index in [1.54, 1.807) is 11.3 Å². The summed E-state index contributed by atoms with van der Waals surface area (Å²) in [5, 5.41) is 0.544. The molecule has 2 rings (SSSR count). The molecular formula is C10H11ClN2S. The number of aromatic nitrogens is 1. The molecule has 2 heterocycles. The molecule has 0 aliphatic carbocycles. The Balaban J connectivity index is 2.41. The van der Waals surface area contributed by atoms with Crippen LogP contribution in [0.2, 0.25) is 5.15 Å². The van der Waals surface area contributed by atoms with Gasteiger partial charge in [0.2, 0.25) is 0 Å². The van der Waals surface area contributed by atoms with Crippen molar-refractivity contribution >= 4 is 33.2 Å². The fraction of sp³-hybridized carbons (Fsp3) is 0.300. The highest BCUT2D eigenvalue weighted by atomic mass is 35.5. The van der Waals surface area contributed by atoms with E-state index < -0.39 is 0 Å². The summed E-state index contributed by atoms with van der Waals surface area (Å²) in [6, 6.07) is 6.07. The predicted molar refractivity (Wildman–Crippen MR) is 62.0 cm³/mol. The van der Waals surface area contributed by atoms with Crippen molar-refractivity contribution in [3.63, 3.8) is 0 Å². The Labute approximate surface area is 91.7 Å². The van der Waals surface area contributed by atoms with Crippen LogP contribution in [-0.4, -0.2) is 11.0 Å². The lowest BCUT2D eigenvalue weighted by molar-refractivity contribution is 0.747. The lowest BCUT2D eigenvalue weighted by Crippen LogP contribution is -2.16. The van der Waals surface area contributed by atoms with Gasteiger partial charge in [-0.15, -0.1) is 11.3 Å². The maximum atomic E-state index is 5.80. The molecule has 0 aromatic carbocycles. The molecule has 14 heavy (non-hydrogen) atoms. The van der Waals surface area contributed by atoms with Crippen molar-refractivity contribution in [1.82, 2.24) is 4.98 Å². The second kappa shape index (κ2) is 3.85. The molecule has 4 heteroatoms. The Morgan fingerprint density at radius 3 is 3.07 bits per heavy atom. The number of fused-ring (bicyclic) bond motifs is 1. The third kappa shape index (κ3) is 2.05. The molecule has 2 nitrogen and oxygen atoms in total. The predicted octanol–water partition coefficient (Wildman–Crippen LogP) is 2.84. The van der Waals surface area contributed by atoms with Crippen molar-refractivity contribution in [3.05, 3.63) is 28.2 Å². The number of hydrogen-bond acceptors (Lipinski definition) is 3. The summed E-state index contributed by atoms with van der Waals surface area (Å²) in [6.07, 6.45) is 0.901. The van der Waals surface area contributed by atoms with Gasteiger partial charge in [0.05, 0.1) is 10.2 Å². The van der Waals surface area contributed by atoms with Crippen molar-refractivity contribution in [2.24, 2.45) is 5.73 Å². The van der Waals surface area contributed by atoms with E-state index in [-0.39, 0.29) is 6.04 Å². The van der Waals surface area contributed by atoms with Gasteiger partial charge in [-0.05, 0) is 31.5 Å². The highest BCUT2D eigenvalue weighted by Gasteiger charge is 2.05. The summed E-state index contributed by atoms with van der Waals surface area (Å²) in [5.74, 6) is 0. The van der Waals surface area contributed by atoms with Gasteiger partial charge < -0.3 is 5.73 Å². The quantitative estimate of drug-likeness (QED) is 0.800. The van der Waals surface area contributed by atoms with Gasteiger partial charge in [-0.2, -0.15) is 0 Å². The average Bonchev–Trinajstić information content (AvgIpc) is 2.44. The monoisotopic (exact) mass is 226 g/mol. The minimum Gasteiger partial charge on any atom is -0.328 e. The average molecular weight is 227 g/mol. The fourth-order valence-electron chi connectivity index (χ4n) is 1.37. The number of nitrogens with zero attached hydrogens (tertiary/aromatic N) is 1. The Morgan fingerprint density at radius 2 is 2.36 bits per heavy atom. The number of nitrogens with two attached hydrogens (primary N) is 1. The van der Waals surface area contributed by atoms with E-state index in [0.717, 1.165) is 11.9 Å². The van der Waals surface area contributed by atoms with Gasteiger partial charge in [0.1, 0.15) is 5.15 Å². The Kier molecular flexibility index (Phi) is 2.72. The van der Waals surface area contributed by atoms with Crippen LogP contribution in [0.5, 0.6) is 0 Å². The topological polar surface area (TPSA) is 38.9 Å². The van der Waals surface area contributed by atoms with Crippen LogP contribution in [-0.2, 0) is 6.42 Å². The molecule has 0 aliphatic rings. The molecule has 0 fully saturated rings. The minimum atomic E-state index is 0.193. The summed E-state index contributed by atoms with van der Waals surface area (Å²) in [4.78, 5) is 5.51. The first-order valence-electron chi connectivity index (χ1n) is 4.45. The minimum absolute atomic E-state index is 0.193. The summed E-state index contributed by atoms with van der Waals surface area (Å²) in [6.45, 7) is 2.00. The summed E-state index contributed by atoms with van der Waals surface area (Å²) in [5.41, 5.74) is 6.71. The molecular weight excluding hydrogens is 216 g/mol. The number of halogens is 1. The molecule has 2 N–H and O–H groups in total. The van der Waals surface area contributed by atoms with E-state index in [0.29, 0.717) is 5.15 Å². The summed E-state index contributed by atoms with van der Waals surface area (Å²) < 4.78 is 1.17. The van der Waals surface area contributed by atoms with E-state index in [2.05, 4.69) is 11.1 Å². The van der Waals surface area contributed by atoms with E-state index >= 15 is 0 Å². The molecule has 0 saturated carbocycles. The maximum absolute atomic E-state index is 5.80. The zero-order valence-corrected chi connectivity index (χ0v) is 9.40. The molecule has 0 amide bonds. The van der Waals surface area contributed by atoms with Crippen LogP contribution >= 0.6 is 22.9 Å². The van der Waals surface area contributed by atoms with Gasteiger partial charge >= 0.3 is 0 Å². The molecule has 0 saturated heterocycles. The number of pyridine rings is 1. The van der Waals surface area contributed by atoms with Crippen molar-refractivity contribution in [2.45, 2.75) is 19.4 Å². The molecule has 0 unspecified atom stereocenters. The fourth-order valence-corrected chi connectivity index (χ4v) is 2.67. The van der Waals surface area contributed by atoms with Gasteiger partial charge in [0.15, 0.2) is 0 Å². The smallest absolute Gasteiger partial charge is 0.129 e. The second-order valence-electron chi connectivity index (χ2n) is 3.41. The highest BCUT2D eigenvalue weighted by molar-refractivity contribution is 7.19. The Bertz CT molecular complexity index is 450. The first-order chi connectivity index (χ1) is 6.65. The Morgan fingerprint density at radius 1 is 1.57 bits per heavy atom. The first kappa shape index (κ1) is 9.90. The normalized spacial score (nSPS) is 13.4. The lowest BCUT2D eigenvalue weighted by atomic mass is 10.2. The third-order valence-corrected chi connectivity index (χ3v) is 3.24. The SMILES string of the molecule is C[C@@H](N)Cc1cc2nc(Cl)ccc2s1. The van der Waals surface area contributed by atoms with Crippen LogP contribution in [0, 0.1) is 0 Å². The molecule has 0 bridgehead atoms. The van der Waals surface area contributed by atoms with Gasteiger partial charge in [0, 0.05) is 10.9 Å². The second-order valence-corrected chi connectivity index (χ2v) is 4.97. The Hall–Kier alpha value is -0.640. The van der Waals surface area contributed by atoms with Crippen LogP contribution in [0.4, 0.5) is 0 Å². The van der Waals surface area contributed by atoms with Crippen molar-refractivity contribution in [3.8, 4) is 0 Å². The molecule has 2 aromatic rings. The largest absolute Gasteiger partial charge is 0.328 e. The summed E-state index contributed by atoms with van der Waals surface area (Å²) >= 11 is 7.54. The summed E-state index contributed by atoms with van der Waals surface area (Å²) in [7, 11) is 0. The van der Waals surface area contributed by atoms with Gasteiger partial charge in [-0.25, -0.2) is 4.98 Å². The van der Waals surface area contributed by atoms with Crippen LogP contribution in [0.1, 0.15) is 11.8 Å². The van der Waals surface area contributed by atoms with Crippen LogP contribution in [0.3, 0.4) is 0 Å². The maximum Gasteiger partial charge on any atom is 0.129 e. The van der Waals surface area contributed by atoms with Crippen LogP contribution < -0.4 is 5.73 Å². The zero-order chi connectivity index (χ0) is 10.1. The van der Waals surface area contributed by atoms with Crippen molar-refractivity contribution in [2.75, 3.05) is 0 Å². The highest BCUT2D eigenvalue weighted by Crippen LogP contribution is 2.26. The molecule has 0 aliphatic heterocycles. The van der Waals surface area contributed by atoms with E-state index in [1.165, 1.54) is 9.58 Å². The third-order valence-electron chi connectivity index (χ3n) is 1.91. The van der Waals surface area contributed by atoms with E-state index in [4.69, 9.17) is 17.3 Å². The van der Waals surface area contributed by atoms with Crippen LogP contribution in [0.15, 0.2) is 18.2 Å². The lowest BCUT2D eigenvalue weighted by Gasteiger charge is -1.99. The molecule has 2 aromatic heterocycles. The van der Waals surface area contributed by atoms with E-state index in [1.807, 2.05) is 19.1 Å². The van der Waals surface area contributed by atoms with Gasteiger partial charge in [-0.1, -0.05) is 11.6 Å². The number of hydrogen-bond donors (Lipinski definition) is 1. The molecule has 74 valence electrons. The van der Waals surface area contributed by atoms with Crippen molar-refractivity contribution < 1.29 is 0 Å². The first-order valence-corrected chi connectivity index (χ1v) is 5.65. The van der Waals surface area contributed by atoms with Gasteiger partial charge in [-0.3, -0.25) is 0 Å². The molecule has 0 radical (unpaired) electrons. The number of thiophene rings is 1. The van der Waals surface area contributed by atoms with Gasteiger partial charge in [0.25, 0.3) is 0 Å².